The molecule has 0 amide bonds. The molecule has 1 aliphatic carbocycles. The van der Waals surface area contributed by atoms with Crippen molar-refractivity contribution < 1.29 is 0 Å². The van der Waals surface area contributed by atoms with Crippen molar-refractivity contribution in [1.82, 2.24) is 4.57 Å². The summed E-state index contributed by atoms with van der Waals surface area (Å²) >= 11 is 0. The van der Waals surface area contributed by atoms with Crippen molar-refractivity contribution in [2.75, 3.05) is 9.80 Å². The molecule has 10 aromatic rings. The molecule has 11 rings (SSSR count). The molecule has 1 aromatic heterocycles. The van der Waals surface area contributed by atoms with Crippen LogP contribution < -0.4 is 9.80 Å². The van der Waals surface area contributed by atoms with Crippen molar-refractivity contribution >= 4 is 61.0 Å². The van der Waals surface area contributed by atoms with E-state index in [1.807, 2.05) is 0 Å². The number of aromatic nitrogens is 1. The standard InChI is InChI=1S/C58H43N3/c1-5-19-46(20-6-1)59(47-21-7-2-8-22-47)50-36-31-42(32-37-50)45-35-40-57-55(41-45)54-29-16-28-53(58(54)61(57)56-30-15-18-43-17-13-14-27-52(43)56)44-33-38-51(39-34-44)60(48-23-9-3-10-24-48)49-25-11-4-12-26-49/h1-25,27-41,49H,26H2. The molecule has 1 unspecified atom stereocenters. The molecule has 3 heteroatoms. The monoisotopic (exact) mass is 781 g/mol. The minimum Gasteiger partial charge on any atom is -0.334 e. The maximum Gasteiger partial charge on any atom is 0.0619 e. The second kappa shape index (κ2) is 15.7. The van der Waals surface area contributed by atoms with E-state index in [1.165, 1.54) is 71.9 Å². The highest BCUT2D eigenvalue weighted by Crippen LogP contribution is 2.43. The Morgan fingerprint density at radius 2 is 0.967 bits per heavy atom. The van der Waals surface area contributed by atoms with Gasteiger partial charge in [-0.25, -0.2) is 0 Å². The summed E-state index contributed by atoms with van der Waals surface area (Å²) in [5.41, 5.74) is 14.0. The lowest BCUT2D eigenvalue weighted by atomic mass is 9.99. The number of para-hydroxylation sites is 4. The number of anilines is 5. The zero-order chi connectivity index (χ0) is 40.5. The zero-order valence-corrected chi connectivity index (χ0v) is 33.7. The molecule has 0 radical (unpaired) electrons. The molecule has 9 aromatic carbocycles. The maximum absolute atomic E-state index is 2.50. The summed E-state index contributed by atoms with van der Waals surface area (Å²) in [6.07, 6.45) is 9.83. The van der Waals surface area contributed by atoms with Crippen LogP contribution in [0.25, 0.3) is 60.5 Å². The number of hydrogen-bond donors (Lipinski definition) is 0. The number of rotatable bonds is 9. The number of allylic oxidation sites excluding steroid dienone is 2. The van der Waals surface area contributed by atoms with Gasteiger partial charge in [0, 0.05) is 50.2 Å². The first-order valence-corrected chi connectivity index (χ1v) is 21.1. The molecule has 0 spiro atoms. The van der Waals surface area contributed by atoms with E-state index in [0.29, 0.717) is 0 Å². The Labute approximate surface area is 357 Å². The van der Waals surface area contributed by atoms with E-state index < -0.39 is 0 Å². The lowest BCUT2D eigenvalue weighted by Crippen LogP contribution is -2.29. The highest BCUT2D eigenvalue weighted by molar-refractivity contribution is 6.15. The quantitative estimate of drug-likeness (QED) is 0.144. The summed E-state index contributed by atoms with van der Waals surface area (Å²) in [4.78, 5) is 4.76. The minimum atomic E-state index is 0.243. The fourth-order valence-electron chi connectivity index (χ4n) is 9.22. The van der Waals surface area contributed by atoms with Crippen LogP contribution in [0.5, 0.6) is 0 Å². The fraction of sp³-hybridized carbons (Fsp3) is 0.0345. The van der Waals surface area contributed by atoms with E-state index in [0.717, 1.165) is 23.5 Å². The molecule has 1 aliphatic rings. The van der Waals surface area contributed by atoms with Crippen LogP contribution in [0.4, 0.5) is 28.4 Å². The van der Waals surface area contributed by atoms with E-state index in [-0.39, 0.29) is 6.04 Å². The van der Waals surface area contributed by atoms with Crippen LogP contribution in [-0.2, 0) is 0 Å². The van der Waals surface area contributed by atoms with Crippen molar-refractivity contribution in [3.05, 3.63) is 243 Å². The van der Waals surface area contributed by atoms with Gasteiger partial charge in [0.25, 0.3) is 0 Å². The Morgan fingerprint density at radius 1 is 0.410 bits per heavy atom. The highest BCUT2D eigenvalue weighted by Gasteiger charge is 2.22. The average Bonchev–Trinajstić information content (AvgIpc) is 3.67. The number of benzene rings is 9. The van der Waals surface area contributed by atoms with Gasteiger partial charge in [-0.2, -0.15) is 0 Å². The summed E-state index contributed by atoms with van der Waals surface area (Å²) in [5, 5.41) is 4.90. The SMILES string of the molecule is C1=CCC(N(c2ccccc2)c2ccc(-c3cccc4c5cc(-c6ccc(N(c7ccccc7)c7ccccc7)cc6)ccc5n(-c5cccc6ccccc56)c34)cc2)C=C1. The van der Waals surface area contributed by atoms with Gasteiger partial charge in [-0.05, 0) is 107 Å². The molecule has 61 heavy (non-hydrogen) atoms. The van der Waals surface area contributed by atoms with Gasteiger partial charge in [0.05, 0.1) is 22.8 Å². The normalized spacial score (nSPS) is 13.5. The predicted octanol–water partition coefficient (Wildman–Crippen LogP) is 15.8. The summed E-state index contributed by atoms with van der Waals surface area (Å²) < 4.78 is 2.50. The summed E-state index contributed by atoms with van der Waals surface area (Å²) in [5.74, 6) is 0. The highest BCUT2D eigenvalue weighted by atomic mass is 15.2. The van der Waals surface area contributed by atoms with Crippen LogP contribution >= 0.6 is 0 Å². The first-order valence-electron chi connectivity index (χ1n) is 21.1. The first-order chi connectivity index (χ1) is 30.3. The topological polar surface area (TPSA) is 11.4 Å². The third-order valence-electron chi connectivity index (χ3n) is 12.1. The van der Waals surface area contributed by atoms with Gasteiger partial charge < -0.3 is 14.4 Å². The van der Waals surface area contributed by atoms with Gasteiger partial charge in [0.15, 0.2) is 0 Å². The van der Waals surface area contributed by atoms with Gasteiger partial charge in [0.1, 0.15) is 0 Å². The molecule has 0 saturated heterocycles. The molecule has 0 fully saturated rings. The van der Waals surface area contributed by atoms with E-state index in [2.05, 4.69) is 257 Å². The lowest BCUT2D eigenvalue weighted by molar-refractivity contribution is 0.785. The molecular formula is C58H43N3. The third-order valence-corrected chi connectivity index (χ3v) is 12.1. The molecule has 0 saturated carbocycles. The number of nitrogens with zero attached hydrogens (tertiary/aromatic N) is 3. The van der Waals surface area contributed by atoms with Crippen LogP contribution in [0.2, 0.25) is 0 Å². The number of hydrogen-bond acceptors (Lipinski definition) is 2. The number of fused-ring (bicyclic) bond motifs is 4. The Morgan fingerprint density at radius 3 is 1.67 bits per heavy atom. The van der Waals surface area contributed by atoms with Crippen molar-refractivity contribution in [1.29, 1.82) is 0 Å². The summed E-state index contributed by atoms with van der Waals surface area (Å²) in [7, 11) is 0. The Balaban J connectivity index is 1.05. The Kier molecular flexibility index (Phi) is 9.33. The minimum absolute atomic E-state index is 0.243. The Bertz CT molecular complexity index is 3150. The van der Waals surface area contributed by atoms with Crippen molar-refractivity contribution in [3.63, 3.8) is 0 Å². The Hall–Kier alpha value is -7.88. The van der Waals surface area contributed by atoms with Crippen LogP contribution in [-0.4, -0.2) is 10.6 Å². The smallest absolute Gasteiger partial charge is 0.0619 e. The molecule has 0 bridgehead atoms. The van der Waals surface area contributed by atoms with Crippen molar-refractivity contribution in [2.45, 2.75) is 12.5 Å². The van der Waals surface area contributed by atoms with E-state index in [9.17, 15) is 0 Å². The van der Waals surface area contributed by atoms with Gasteiger partial charge in [-0.1, -0.05) is 164 Å². The molecule has 3 nitrogen and oxygen atoms in total. The second-order valence-electron chi connectivity index (χ2n) is 15.7. The molecular weight excluding hydrogens is 739 g/mol. The first kappa shape index (κ1) is 36.2. The van der Waals surface area contributed by atoms with Gasteiger partial charge in [-0.3, -0.25) is 0 Å². The average molecular weight is 782 g/mol. The lowest BCUT2D eigenvalue weighted by Gasteiger charge is -2.32. The van der Waals surface area contributed by atoms with E-state index in [4.69, 9.17) is 0 Å². The molecule has 1 atom stereocenters. The van der Waals surface area contributed by atoms with Gasteiger partial charge >= 0.3 is 0 Å². The van der Waals surface area contributed by atoms with Crippen LogP contribution in [0, 0.1) is 0 Å². The fourth-order valence-corrected chi connectivity index (χ4v) is 9.22. The van der Waals surface area contributed by atoms with Gasteiger partial charge in [-0.15, -0.1) is 0 Å². The van der Waals surface area contributed by atoms with E-state index in [1.54, 1.807) is 0 Å². The summed E-state index contributed by atoms with van der Waals surface area (Å²) in [6.45, 7) is 0. The van der Waals surface area contributed by atoms with Gasteiger partial charge in [0.2, 0.25) is 0 Å². The van der Waals surface area contributed by atoms with Crippen LogP contribution in [0.1, 0.15) is 6.42 Å². The molecule has 0 aliphatic heterocycles. The zero-order valence-electron chi connectivity index (χ0n) is 33.7. The molecule has 0 N–H and O–H groups in total. The largest absolute Gasteiger partial charge is 0.334 e. The van der Waals surface area contributed by atoms with Crippen molar-refractivity contribution in [2.24, 2.45) is 0 Å². The molecule has 1 heterocycles. The summed E-state index contributed by atoms with van der Waals surface area (Å²) in [6, 6.07) is 79.5. The third kappa shape index (κ3) is 6.67. The predicted molar refractivity (Wildman–Crippen MR) is 259 cm³/mol. The second-order valence-corrected chi connectivity index (χ2v) is 15.7. The van der Waals surface area contributed by atoms with Crippen LogP contribution in [0.15, 0.2) is 243 Å². The van der Waals surface area contributed by atoms with E-state index >= 15 is 0 Å². The van der Waals surface area contributed by atoms with Crippen molar-refractivity contribution in [3.8, 4) is 27.9 Å². The maximum atomic E-state index is 2.50. The van der Waals surface area contributed by atoms with Crippen LogP contribution in [0.3, 0.4) is 0 Å². The molecule has 290 valence electrons.